The molecule has 3 N–H and O–H groups in total. The Morgan fingerprint density at radius 1 is 0.290 bits per heavy atom. The summed E-state index contributed by atoms with van der Waals surface area (Å²) in [5.41, 5.74) is 0. The van der Waals surface area contributed by atoms with Gasteiger partial charge in [-0.15, -0.1) is 0 Å². The van der Waals surface area contributed by atoms with Crippen LogP contribution in [0, 0.1) is 5.92 Å². The highest BCUT2D eigenvalue weighted by Gasteiger charge is 2.30. The van der Waals surface area contributed by atoms with E-state index >= 15 is 0 Å². The minimum Gasteiger partial charge on any atom is -0.462 e. The van der Waals surface area contributed by atoms with Crippen molar-refractivity contribution in [1.82, 2.24) is 0 Å². The van der Waals surface area contributed by atoms with Gasteiger partial charge in [-0.3, -0.25) is 37.3 Å². The van der Waals surface area contributed by atoms with Gasteiger partial charge in [0.25, 0.3) is 0 Å². The Morgan fingerprint density at radius 3 is 0.731 bits per heavy atom. The van der Waals surface area contributed by atoms with E-state index in [4.69, 9.17) is 37.0 Å². The highest BCUT2D eigenvalue weighted by molar-refractivity contribution is 7.47. The van der Waals surface area contributed by atoms with E-state index < -0.39 is 97.5 Å². The Kier molecular flexibility index (Phi) is 65.9. The normalized spacial score (nSPS) is 14.0. The van der Waals surface area contributed by atoms with E-state index in [0.29, 0.717) is 31.6 Å². The molecule has 0 aromatic heterocycles. The van der Waals surface area contributed by atoms with Crippen LogP contribution in [-0.2, 0) is 65.4 Å². The lowest BCUT2D eigenvalue weighted by Crippen LogP contribution is -2.30. The number of hydrogen-bond donors (Lipinski definition) is 3. The molecule has 0 spiro atoms. The lowest BCUT2D eigenvalue weighted by atomic mass is 10.0. The molecule has 2 unspecified atom stereocenters. The topological polar surface area (TPSA) is 237 Å². The van der Waals surface area contributed by atoms with Gasteiger partial charge in [-0.1, -0.05) is 336 Å². The van der Waals surface area contributed by atoms with Crippen LogP contribution < -0.4 is 0 Å². The standard InChI is InChI=1S/C74H144O17P2/c1-6-9-12-15-18-21-23-25-27-29-30-31-32-34-36-38-40-43-49-54-59-73(78)90-69(63-85-72(77)58-53-48-42-39-37-35-33-28-26-24-22-19-16-13-10-7-2)65-88-92(80,81)86-61-68(75)62-87-93(82,83)89-66-70(64-84-71(76)57-52-47-41-20-17-14-11-8-3)91-74(79)60-55-50-45-44-46-51-56-67(4)5/h67-70,75H,6-66H2,1-5H3,(H,80,81)(H,82,83)/t68-,69-,70-/m1/s1. The number of phosphoric acid groups is 2. The predicted octanol–water partition coefficient (Wildman–Crippen LogP) is 21.7. The zero-order valence-electron chi connectivity index (χ0n) is 60.4. The molecule has 0 saturated carbocycles. The number of hydrogen-bond acceptors (Lipinski definition) is 15. The van der Waals surface area contributed by atoms with E-state index in [9.17, 15) is 43.2 Å². The molecular formula is C74H144O17P2. The maximum absolute atomic E-state index is 13.1. The summed E-state index contributed by atoms with van der Waals surface area (Å²) in [6, 6.07) is 0. The molecule has 5 atom stereocenters. The summed E-state index contributed by atoms with van der Waals surface area (Å²) in [5.74, 6) is -1.45. The van der Waals surface area contributed by atoms with Gasteiger partial charge in [0.1, 0.15) is 19.3 Å². The van der Waals surface area contributed by atoms with Crippen molar-refractivity contribution in [2.45, 2.75) is 406 Å². The molecule has 0 aliphatic rings. The van der Waals surface area contributed by atoms with Gasteiger partial charge in [0, 0.05) is 25.7 Å². The lowest BCUT2D eigenvalue weighted by Gasteiger charge is -2.21. The van der Waals surface area contributed by atoms with Crippen LogP contribution in [-0.4, -0.2) is 96.7 Å². The summed E-state index contributed by atoms with van der Waals surface area (Å²) < 4.78 is 68.3. The molecule has 0 radical (unpaired) electrons. The van der Waals surface area contributed by atoms with E-state index in [0.717, 1.165) is 96.3 Å². The van der Waals surface area contributed by atoms with E-state index in [1.807, 2.05) is 0 Å². The van der Waals surface area contributed by atoms with Crippen molar-refractivity contribution in [3.05, 3.63) is 0 Å². The zero-order chi connectivity index (χ0) is 68.4. The molecule has 17 nitrogen and oxygen atoms in total. The van der Waals surface area contributed by atoms with Gasteiger partial charge >= 0.3 is 39.5 Å². The van der Waals surface area contributed by atoms with Crippen LogP contribution in [0.25, 0.3) is 0 Å². The molecule has 0 aromatic rings. The van der Waals surface area contributed by atoms with Crippen molar-refractivity contribution in [2.24, 2.45) is 5.92 Å². The van der Waals surface area contributed by atoms with Crippen LogP contribution in [0.3, 0.4) is 0 Å². The SMILES string of the molecule is CCCCCCCCCCCCCCCCCCCCCCC(=O)O[C@H](COC(=O)CCCCCCCCCCCCCCCCCC)COP(=O)(O)OC[C@@H](O)COP(=O)(O)OC[C@@H](COC(=O)CCCCCCCCCC)OC(=O)CCCCCCCCC(C)C. The van der Waals surface area contributed by atoms with Gasteiger partial charge in [0.2, 0.25) is 0 Å². The fourth-order valence-electron chi connectivity index (χ4n) is 11.4. The first kappa shape index (κ1) is 91.1. The molecule has 0 rings (SSSR count). The Labute approximate surface area is 568 Å². The van der Waals surface area contributed by atoms with Crippen molar-refractivity contribution in [2.75, 3.05) is 39.6 Å². The molecule has 0 heterocycles. The van der Waals surface area contributed by atoms with Crippen molar-refractivity contribution < 1.29 is 80.2 Å². The molecular weight excluding hydrogens is 1220 g/mol. The van der Waals surface area contributed by atoms with Gasteiger partial charge in [-0.05, 0) is 31.6 Å². The summed E-state index contributed by atoms with van der Waals surface area (Å²) in [4.78, 5) is 72.5. The zero-order valence-corrected chi connectivity index (χ0v) is 62.2. The summed E-state index contributed by atoms with van der Waals surface area (Å²) in [6.45, 7) is 7.15. The van der Waals surface area contributed by atoms with Gasteiger partial charge < -0.3 is 33.8 Å². The number of rotatable bonds is 74. The van der Waals surface area contributed by atoms with Gasteiger partial charge in [-0.2, -0.15) is 0 Å². The average Bonchev–Trinajstić information content (AvgIpc) is 2.16. The average molecular weight is 1370 g/mol. The largest absolute Gasteiger partial charge is 0.472 e. The van der Waals surface area contributed by atoms with Crippen molar-refractivity contribution in [3.63, 3.8) is 0 Å². The highest BCUT2D eigenvalue weighted by atomic mass is 31.2. The third-order valence-corrected chi connectivity index (χ3v) is 19.2. The molecule has 0 bridgehead atoms. The first-order valence-corrected chi connectivity index (χ1v) is 41.6. The van der Waals surface area contributed by atoms with E-state index in [2.05, 4.69) is 34.6 Å². The first-order chi connectivity index (χ1) is 45.0. The Bertz CT molecular complexity index is 1790. The number of aliphatic hydroxyl groups excluding tert-OH is 1. The molecule has 0 aliphatic carbocycles. The summed E-state index contributed by atoms with van der Waals surface area (Å²) in [7, 11) is -9.90. The molecule has 93 heavy (non-hydrogen) atoms. The molecule has 19 heteroatoms. The molecule has 0 amide bonds. The monoisotopic (exact) mass is 1370 g/mol. The lowest BCUT2D eigenvalue weighted by molar-refractivity contribution is -0.161. The van der Waals surface area contributed by atoms with Gasteiger partial charge in [0.05, 0.1) is 26.4 Å². The predicted molar refractivity (Wildman–Crippen MR) is 377 cm³/mol. The number of ether oxygens (including phenoxy) is 4. The van der Waals surface area contributed by atoms with Crippen LogP contribution in [0.1, 0.15) is 388 Å². The summed E-state index contributed by atoms with van der Waals surface area (Å²) >= 11 is 0. The Balaban J connectivity index is 5.17. The number of aliphatic hydroxyl groups is 1. The second-order valence-corrected chi connectivity index (χ2v) is 30.1. The number of unbranched alkanes of at least 4 members (excludes halogenated alkanes) is 46. The fourth-order valence-corrected chi connectivity index (χ4v) is 12.9. The quantitative estimate of drug-likeness (QED) is 0.0222. The third kappa shape index (κ3) is 68.4. The summed E-state index contributed by atoms with van der Waals surface area (Å²) in [6.07, 6.45) is 55.9. The minimum absolute atomic E-state index is 0.102. The van der Waals surface area contributed by atoms with Gasteiger partial charge in [-0.25, -0.2) is 9.13 Å². The van der Waals surface area contributed by atoms with Gasteiger partial charge in [0.15, 0.2) is 12.2 Å². The molecule has 0 aliphatic heterocycles. The van der Waals surface area contributed by atoms with Crippen LogP contribution >= 0.6 is 15.6 Å². The smallest absolute Gasteiger partial charge is 0.462 e. The van der Waals surface area contributed by atoms with Crippen LogP contribution in [0.5, 0.6) is 0 Å². The van der Waals surface area contributed by atoms with E-state index in [1.54, 1.807) is 0 Å². The number of esters is 4. The van der Waals surface area contributed by atoms with Crippen molar-refractivity contribution in [3.8, 4) is 0 Å². The summed E-state index contributed by atoms with van der Waals surface area (Å²) in [5, 5.41) is 10.6. The maximum Gasteiger partial charge on any atom is 0.472 e. The van der Waals surface area contributed by atoms with Crippen LogP contribution in [0.4, 0.5) is 0 Å². The van der Waals surface area contributed by atoms with Crippen LogP contribution in [0.15, 0.2) is 0 Å². The molecule has 0 saturated heterocycles. The highest BCUT2D eigenvalue weighted by Crippen LogP contribution is 2.45. The molecule has 0 fully saturated rings. The second-order valence-electron chi connectivity index (χ2n) is 27.2. The van der Waals surface area contributed by atoms with E-state index in [-0.39, 0.29) is 25.7 Å². The second kappa shape index (κ2) is 67.3. The number of carbonyl (C=O) groups excluding carboxylic acids is 4. The van der Waals surface area contributed by atoms with Crippen molar-refractivity contribution >= 4 is 39.5 Å². The number of phosphoric ester groups is 2. The first-order valence-electron chi connectivity index (χ1n) is 38.6. The Morgan fingerprint density at radius 2 is 0.495 bits per heavy atom. The Hall–Kier alpha value is -1.94. The van der Waals surface area contributed by atoms with Crippen molar-refractivity contribution in [1.29, 1.82) is 0 Å². The van der Waals surface area contributed by atoms with E-state index in [1.165, 1.54) is 205 Å². The third-order valence-electron chi connectivity index (χ3n) is 17.3. The molecule has 0 aromatic carbocycles. The van der Waals surface area contributed by atoms with Crippen LogP contribution in [0.2, 0.25) is 0 Å². The minimum atomic E-state index is -4.95. The number of carbonyl (C=O) groups is 4. The fraction of sp³-hybridized carbons (Fsp3) is 0.946. The molecule has 552 valence electrons. The maximum atomic E-state index is 13.1.